The predicted octanol–water partition coefficient (Wildman–Crippen LogP) is 2.18. The Morgan fingerprint density at radius 2 is 1.87 bits per heavy atom. The molecular formula is C18H21F2N5O4S2. The topological polar surface area (TPSA) is 106 Å². The van der Waals surface area contributed by atoms with Gasteiger partial charge in [-0.3, -0.25) is 9.36 Å². The normalized spacial score (nSPS) is 17.2. The molecule has 1 saturated carbocycles. The lowest BCUT2D eigenvalue weighted by atomic mass is 10.3. The number of nitrogens with one attached hydrogen (secondary N) is 1. The number of benzene rings is 1. The summed E-state index contributed by atoms with van der Waals surface area (Å²) < 4.78 is 55.6. The second-order valence-corrected chi connectivity index (χ2v) is 10.0. The quantitative estimate of drug-likeness (QED) is 0.582. The van der Waals surface area contributed by atoms with Gasteiger partial charge in [0.05, 0.1) is 23.9 Å². The van der Waals surface area contributed by atoms with E-state index in [0.29, 0.717) is 30.1 Å². The summed E-state index contributed by atoms with van der Waals surface area (Å²) in [5, 5.41) is 11.9. The minimum absolute atomic E-state index is 0.0745. The van der Waals surface area contributed by atoms with Gasteiger partial charge in [-0.15, -0.1) is 10.2 Å². The summed E-state index contributed by atoms with van der Waals surface area (Å²) in [7, 11) is -4.66. The highest BCUT2D eigenvalue weighted by atomic mass is 32.2. The van der Waals surface area contributed by atoms with Crippen LogP contribution in [0.3, 0.4) is 0 Å². The first-order valence-corrected chi connectivity index (χ1v) is 12.2. The number of anilines is 2. The molecule has 0 atom stereocenters. The van der Waals surface area contributed by atoms with Gasteiger partial charge in [0.1, 0.15) is 0 Å². The summed E-state index contributed by atoms with van der Waals surface area (Å²) in [6.07, 6.45) is 2.09. The van der Waals surface area contributed by atoms with E-state index in [4.69, 9.17) is 4.74 Å². The molecule has 31 heavy (non-hydrogen) atoms. The molecule has 2 fully saturated rings. The monoisotopic (exact) mass is 473 g/mol. The van der Waals surface area contributed by atoms with Gasteiger partial charge in [-0.25, -0.2) is 8.42 Å². The van der Waals surface area contributed by atoms with Crippen molar-refractivity contribution < 1.29 is 26.7 Å². The Bertz CT molecular complexity index is 1040. The number of rotatable bonds is 8. The maximum atomic E-state index is 12.6. The Morgan fingerprint density at radius 1 is 1.19 bits per heavy atom. The highest BCUT2D eigenvalue weighted by Gasteiger charge is 2.32. The average Bonchev–Trinajstić information content (AvgIpc) is 3.52. The first-order valence-electron chi connectivity index (χ1n) is 9.68. The van der Waals surface area contributed by atoms with Crippen LogP contribution in [0.25, 0.3) is 0 Å². The fourth-order valence-electron chi connectivity index (χ4n) is 3.16. The van der Waals surface area contributed by atoms with Gasteiger partial charge in [0, 0.05) is 24.8 Å². The number of hydrogen-bond acceptors (Lipinski definition) is 8. The molecule has 1 N–H and O–H groups in total. The molecule has 168 valence electrons. The molecule has 0 radical (unpaired) electrons. The predicted molar refractivity (Wildman–Crippen MR) is 110 cm³/mol. The summed E-state index contributed by atoms with van der Waals surface area (Å²) in [4.78, 5) is 14.0. The van der Waals surface area contributed by atoms with Crippen LogP contribution in [0.1, 0.15) is 18.9 Å². The molecule has 13 heteroatoms. The molecule has 0 unspecified atom stereocenters. The number of carbonyl (C=O) groups is 1. The number of hydrogen-bond donors (Lipinski definition) is 1. The summed E-state index contributed by atoms with van der Waals surface area (Å²) in [6.45, 7) is 2.76. The minimum Gasteiger partial charge on any atom is -0.378 e. The molecule has 1 aromatic carbocycles. The van der Waals surface area contributed by atoms with Gasteiger partial charge in [0.15, 0.2) is 5.16 Å². The fraction of sp³-hybridized carbons (Fsp3) is 0.500. The van der Waals surface area contributed by atoms with Crippen molar-refractivity contribution in [1.82, 2.24) is 14.8 Å². The van der Waals surface area contributed by atoms with E-state index in [-0.39, 0.29) is 11.7 Å². The maximum absolute atomic E-state index is 12.6. The largest absolute Gasteiger partial charge is 0.378 e. The van der Waals surface area contributed by atoms with E-state index >= 15 is 0 Å². The van der Waals surface area contributed by atoms with Crippen molar-refractivity contribution in [2.45, 2.75) is 34.7 Å². The lowest BCUT2D eigenvalue weighted by molar-refractivity contribution is -0.113. The number of nitrogens with zero attached hydrogens (tertiary/aromatic N) is 4. The van der Waals surface area contributed by atoms with Gasteiger partial charge in [-0.1, -0.05) is 11.8 Å². The zero-order valence-corrected chi connectivity index (χ0v) is 18.0. The molecule has 2 heterocycles. The van der Waals surface area contributed by atoms with Crippen LogP contribution < -0.4 is 10.2 Å². The van der Waals surface area contributed by atoms with E-state index in [1.54, 1.807) is 0 Å². The summed E-state index contributed by atoms with van der Waals surface area (Å²) in [5.41, 5.74) is 0.316. The van der Waals surface area contributed by atoms with Gasteiger partial charge in [0.25, 0.3) is 0 Å². The van der Waals surface area contributed by atoms with Gasteiger partial charge in [0.2, 0.25) is 21.7 Å². The van der Waals surface area contributed by atoms with Crippen molar-refractivity contribution in [2.75, 3.05) is 42.3 Å². The molecule has 1 saturated heterocycles. The summed E-state index contributed by atoms with van der Waals surface area (Å²) >= 11 is 1.26. The van der Waals surface area contributed by atoms with Crippen molar-refractivity contribution in [2.24, 2.45) is 0 Å². The highest BCUT2D eigenvalue weighted by Crippen LogP contribution is 2.41. The number of carbonyl (C=O) groups excluding carboxylic acids is 1. The van der Waals surface area contributed by atoms with Crippen LogP contribution in [-0.2, 0) is 19.4 Å². The zero-order valence-electron chi connectivity index (χ0n) is 16.4. The molecule has 1 aliphatic carbocycles. The molecule has 2 aromatic rings. The Labute approximate surface area is 182 Å². The van der Waals surface area contributed by atoms with E-state index < -0.39 is 20.5 Å². The van der Waals surface area contributed by atoms with Gasteiger partial charge in [-0.05, 0) is 37.1 Å². The van der Waals surface area contributed by atoms with Crippen molar-refractivity contribution in [3.8, 4) is 0 Å². The third-order valence-corrected chi connectivity index (χ3v) is 7.23. The minimum atomic E-state index is -4.66. The Kier molecular flexibility index (Phi) is 6.44. The first kappa shape index (κ1) is 22.0. The molecular weight excluding hydrogens is 452 g/mol. The van der Waals surface area contributed by atoms with Crippen LogP contribution in [-0.4, -0.2) is 66.9 Å². The Hall–Kier alpha value is -2.25. The maximum Gasteiger partial charge on any atom is 0.341 e. The molecule has 0 bridgehead atoms. The second-order valence-electron chi connectivity index (χ2n) is 7.15. The van der Waals surface area contributed by atoms with Crippen LogP contribution in [0.15, 0.2) is 34.3 Å². The third-order valence-electron chi connectivity index (χ3n) is 4.89. The van der Waals surface area contributed by atoms with Crippen molar-refractivity contribution in [1.29, 1.82) is 0 Å². The smallest absolute Gasteiger partial charge is 0.341 e. The van der Waals surface area contributed by atoms with E-state index in [0.717, 1.165) is 44.0 Å². The fourth-order valence-corrected chi connectivity index (χ4v) is 4.68. The molecule has 1 aromatic heterocycles. The lowest BCUT2D eigenvalue weighted by Crippen LogP contribution is -2.38. The SMILES string of the molecule is O=C(CSc1nnc(N2CCOCC2)n1C1CC1)Nc1ccc(S(=O)(=O)C(F)F)cc1. The number of thioether (sulfide) groups is 1. The van der Waals surface area contributed by atoms with Crippen LogP contribution in [0.2, 0.25) is 0 Å². The van der Waals surface area contributed by atoms with Crippen molar-refractivity contribution in [3.63, 3.8) is 0 Å². The van der Waals surface area contributed by atoms with E-state index in [2.05, 4.69) is 25.0 Å². The van der Waals surface area contributed by atoms with Gasteiger partial charge < -0.3 is 15.0 Å². The van der Waals surface area contributed by atoms with E-state index in [1.807, 2.05) is 0 Å². The zero-order chi connectivity index (χ0) is 22.0. The van der Waals surface area contributed by atoms with Gasteiger partial charge >= 0.3 is 5.76 Å². The molecule has 4 rings (SSSR count). The average molecular weight is 474 g/mol. The molecule has 2 aliphatic rings. The molecule has 1 amide bonds. The van der Waals surface area contributed by atoms with Crippen molar-refractivity contribution in [3.05, 3.63) is 24.3 Å². The molecule has 0 spiro atoms. The van der Waals surface area contributed by atoms with Crippen LogP contribution in [0, 0.1) is 0 Å². The lowest BCUT2D eigenvalue weighted by Gasteiger charge is -2.27. The Morgan fingerprint density at radius 3 is 2.48 bits per heavy atom. The number of aromatic nitrogens is 3. The number of halogens is 2. The molecule has 1 aliphatic heterocycles. The second kappa shape index (κ2) is 9.09. The number of amides is 1. The van der Waals surface area contributed by atoms with E-state index in [9.17, 15) is 22.0 Å². The highest BCUT2D eigenvalue weighted by molar-refractivity contribution is 7.99. The molecule has 9 nitrogen and oxygen atoms in total. The van der Waals surface area contributed by atoms with E-state index in [1.165, 1.54) is 23.9 Å². The van der Waals surface area contributed by atoms with Crippen molar-refractivity contribution >= 4 is 39.1 Å². The van der Waals surface area contributed by atoms with Crippen LogP contribution >= 0.6 is 11.8 Å². The number of ether oxygens (including phenoxy) is 1. The summed E-state index contributed by atoms with van der Waals surface area (Å²) in [5.74, 6) is -2.95. The Balaban J connectivity index is 1.37. The van der Waals surface area contributed by atoms with Crippen LogP contribution in [0.4, 0.5) is 20.4 Å². The standard InChI is InChI=1S/C18H21F2N5O4S2/c19-16(20)31(27,28)14-5-1-12(2-6-14)21-15(26)11-30-18-23-22-17(25(18)13-3-4-13)24-7-9-29-10-8-24/h1-2,5-6,13,16H,3-4,7-11H2,(H,21,26). The summed E-state index contributed by atoms with van der Waals surface area (Å²) in [6, 6.07) is 4.98. The van der Waals surface area contributed by atoms with Crippen LogP contribution in [0.5, 0.6) is 0 Å². The third kappa shape index (κ3) is 4.99. The first-order chi connectivity index (χ1) is 14.9. The number of alkyl halides is 2. The number of sulfone groups is 1. The van der Waals surface area contributed by atoms with Gasteiger partial charge in [-0.2, -0.15) is 8.78 Å². The number of morpholine rings is 1.